The molecule has 1 spiro atoms. The van der Waals surface area contributed by atoms with E-state index in [-0.39, 0.29) is 5.60 Å². The van der Waals surface area contributed by atoms with Gasteiger partial charge < -0.3 is 14.8 Å². The summed E-state index contributed by atoms with van der Waals surface area (Å²) in [5.74, 6) is 0.995. The Labute approximate surface area is 116 Å². The third kappa shape index (κ3) is 2.17. The average Bonchev–Trinajstić information content (AvgIpc) is 2.39. The minimum atomic E-state index is -0.132. The van der Waals surface area contributed by atoms with Gasteiger partial charge >= 0.3 is 0 Å². The Kier molecular flexibility index (Phi) is 3.34. The molecule has 1 aromatic carbocycles. The normalized spacial score (nSPS) is 30.9. The summed E-state index contributed by atoms with van der Waals surface area (Å²) in [5.41, 5.74) is 1.11. The summed E-state index contributed by atoms with van der Waals surface area (Å²) in [5, 5.41) is 3.40. The van der Waals surface area contributed by atoms with Crippen molar-refractivity contribution in [2.45, 2.75) is 30.9 Å². The zero-order chi connectivity index (χ0) is 12.6. The van der Waals surface area contributed by atoms with Gasteiger partial charge in [-0.25, -0.2) is 0 Å². The van der Waals surface area contributed by atoms with Crippen LogP contribution in [0.4, 0.5) is 0 Å². The van der Waals surface area contributed by atoms with Crippen molar-refractivity contribution in [2.75, 3.05) is 20.3 Å². The molecular formula is C14H18BrNO2. The van der Waals surface area contributed by atoms with Gasteiger partial charge in [-0.05, 0) is 38.1 Å². The summed E-state index contributed by atoms with van der Waals surface area (Å²) in [6.07, 6.45) is 3.15. The lowest BCUT2D eigenvalue weighted by Crippen LogP contribution is -2.49. The number of hydrogen-bond acceptors (Lipinski definition) is 3. The minimum Gasteiger partial charge on any atom is -0.484 e. The molecule has 3 nitrogen and oxygen atoms in total. The molecule has 1 saturated heterocycles. The highest BCUT2D eigenvalue weighted by Crippen LogP contribution is 2.43. The van der Waals surface area contributed by atoms with E-state index in [4.69, 9.17) is 9.47 Å². The van der Waals surface area contributed by atoms with Gasteiger partial charge in [-0.15, -0.1) is 0 Å². The van der Waals surface area contributed by atoms with Gasteiger partial charge in [-0.1, -0.05) is 15.9 Å². The van der Waals surface area contributed by atoms with Crippen LogP contribution in [0.2, 0.25) is 0 Å². The third-order valence-electron chi connectivity index (χ3n) is 3.88. The van der Waals surface area contributed by atoms with Gasteiger partial charge in [0.15, 0.2) is 0 Å². The van der Waals surface area contributed by atoms with Crippen LogP contribution in [0.15, 0.2) is 22.7 Å². The second-order valence-electron chi connectivity index (χ2n) is 5.17. The van der Waals surface area contributed by atoms with Gasteiger partial charge in [0.1, 0.15) is 11.4 Å². The molecule has 2 unspecified atom stereocenters. The summed E-state index contributed by atoms with van der Waals surface area (Å²) in [7, 11) is 2.01. The van der Waals surface area contributed by atoms with Crippen LogP contribution in [0.1, 0.15) is 30.9 Å². The van der Waals surface area contributed by atoms with E-state index in [9.17, 15) is 0 Å². The van der Waals surface area contributed by atoms with E-state index in [1.54, 1.807) is 0 Å². The third-order valence-corrected chi connectivity index (χ3v) is 4.38. The molecule has 18 heavy (non-hydrogen) atoms. The first-order chi connectivity index (χ1) is 8.72. The molecular weight excluding hydrogens is 294 g/mol. The highest BCUT2D eigenvalue weighted by atomic mass is 79.9. The van der Waals surface area contributed by atoms with Crippen molar-refractivity contribution in [3.8, 4) is 5.75 Å². The van der Waals surface area contributed by atoms with Crippen LogP contribution in [0.3, 0.4) is 0 Å². The van der Waals surface area contributed by atoms with Crippen LogP contribution in [0.5, 0.6) is 5.75 Å². The average molecular weight is 312 g/mol. The lowest BCUT2D eigenvalue weighted by molar-refractivity contribution is -0.0851. The maximum Gasteiger partial charge on any atom is 0.134 e. The Bertz CT molecular complexity index is 443. The van der Waals surface area contributed by atoms with E-state index in [2.05, 4.69) is 33.4 Å². The van der Waals surface area contributed by atoms with Crippen molar-refractivity contribution in [2.24, 2.45) is 0 Å². The molecule has 4 heteroatoms. The zero-order valence-electron chi connectivity index (χ0n) is 10.5. The highest BCUT2D eigenvalue weighted by molar-refractivity contribution is 9.10. The summed E-state index contributed by atoms with van der Waals surface area (Å²) < 4.78 is 13.0. The monoisotopic (exact) mass is 311 g/mol. The molecule has 3 rings (SSSR count). The minimum absolute atomic E-state index is 0.132. The summed E-state index contributed by atoms with van der Waals surface area (Å²) in [6.45, 7) is 1.57. The zero-order valence-corrected chi connectivity index (χ0v) is 12.1. The second-order valence-corrected chi connectivity index (χ2v) is 6.08. The Morgan fingerprint density at radius 3 is 3.06 bits per heavy atom. The standard InChI is InChI=1S/C14H18BrNO2/c1-16-12-8-14(5-2-6-17-9-14)18-13-4-3-10(15)7-11(12)13/h3-4,7,12,16H,2,5-6,8-9H2,1H3. The Morgan fingerprint density at radius 2 is 2.33 bits per heavy atom. The largest absolute Gasteiger partial charge is 0.484 e. The second kappa shape index (κ2) is 4.83. The molecule has 0 saturated carbocycles. The topological polar surface area (TPSA) is 30.5 Å². The Hall–Kier alpha value is -0.580. The SMILES string of the molecule is CNC1CC2(CCCOC2)Oc2ccc(Br)cc21. The number of fused-ring (bicyclic) bond motifs is 1. The lowest BCUT2D eigenvalue weighted by Gasteiger charge is -2.44. The fourth-order valence-corrected chi connectivity index (χ4v) is 3.35. The first kappa shape index (κ1) is 12.5. The highest BCUT2D eigenvalue weighted by Gasteiger charge is 2.42. The van der Waals surface area contributed by atoms with Crippen molar-refractivity contribution >= 4 is 15.9 Å². The number of nitrogens with one attached hydrogen (secondary N) is 1. The molecule has 0 bridgehead atoms. The fourth-order valence-electron chi connectivity index (χ4n) is 2.97. The molecule has 0 aromatic heterocycles. The van der Waals surface area contributed by atoms with Crippen LogP contribution in [0, 0.1) is 0 Å². The van der Waals surface area contributed by atoms with E-state index in [1.807, 2.05) is 13.1 Å². The van der Waals surface area contributed by atoms with Crippen LogP contribution in [0.25, 0.3) is 0 Å². The van der Waals surface area contributed by atoms with E-state index in [0.717, 1.165) is 36.1 Å². The maximum absolute atomic E-state index is 6.26. The van der Waals surface area contributed by atoms with Gasteiger partial charge in [-0.2, -0.15) is 0 Å². The molecule has 2 atom stereocenters. The molecule has 98 valence electrons. The summed E-state index contributed by atoms with van der Waals surface area (Å²) in [6, 6.07) is 6.58. The van der Waals surface area contributed by atoms with Crippen LogP contribution in [-0.4, -0.2) is 25.9 Å². The smallest absolute Gasteiger partial charge is 0.134 e. The van der Waals surface area contributed by atoms with E-state index >= 15 is 0 Å². The molecule has 0 aliphatic carbocycles. The molecule has 1 N–H and O–H groups in total. The van der Waals surface area contributed by atoms with Gasteiger partial charge in [0, 0.05) is 29.1 Å². The molecule has 1 aromatic rings. The summed E-state index contributed by atoms with van der Waals surface area (Å²) >= 11 is 3.53. The molecule has 2 aliphatic heterocycles. The van der Waals surface area contributed by atoms with E-state index in [1.165, 1.54) is 5.56 Å². The number of hydrogen-bond donors (Lipinski definition) is 1. The van der Waals surface area contributed by atoms with Crippen LogP contribution in [-0.2, 0) is 4.74 Å². The molecule has 2 aliphatic rings. The maximum atomic E-state index is 6.26. The van der Waals surface area contributed by atoms with Crippen molar-refractivity contribution < 1.29 is 9.47 Å². The Morgan fingerprint density at radius 1 is 1.44 bits per heavy atom. The first-order valence-electron chi connectivity index (χ1n) is 6.46. The van der Waals surface area contributed by atoms with Crippen LogP contribution < -0.4 is 10.1 Å². The van der Waals surface area contributed by atoms with Crippen molar-refractivity contribution in [1.29, 1.82) is 0 Å². The molecule has 2 heterocycles. The van der Waals surface area contributed by atoms with Gasteiger partial charge in [-0.3, -0.25) is 0 Å². The number of benzene rings is 1. The van der Waals surface area contributed by atoms with Crippen molar-refractivity contribution in [3.05, 3.63) is 28.2 Å². The van der Waals surface area contributed by atoms with E-state index in [0.29, 0.717) is 12.6 Å². The fraction of sp³-hybridized carbons (Fsp3) is 0.571. The van der Waals surface area contributed by atoms with Gasteiger partial charge in [0.25, 0.3) is 0 Å². The Balaban J connectivity index is 1.96. The lowest BCUT2D eigenvalue weighted by atomic mass is 9.83. The predicted molar refractivity (Wildman–Crippen MR) is 74.0 cm³/mol. The predicted octanol–water partition coefficient (Wildman–Crippen LogP) is 3.04. The quantitative estimate of drug-likeness (QED) is 0.864. The van der Waals surface area contributed by atoms with Gasteiger partial charge in [0.2, 0.25) is 0 Å². The van der Waals surface area contributed by atoms with Crippen molar-refractivity contribution in [3.63, 3.8) is 0 Å². The number of rotatable bonds is 1. The molecule has 0 radical (unpaired) electrons. The number of halogens is 1. The van der Waals surface area contributed by atoms with E-state index < -0.39 is 0 Å². The summed E-state index contributed by atoms with van der Waals surface area (Å²) in [4.78, 5) is 0. The van der Waals surface area contributed by atoms with Crippen LogP contribution >= 0.6 is 15.9 Å². The van der Waals surface area contributed by atoms with Crippen molar-refractivity contribution in [1.82, 2.24) is 5.32 Å². The van der Waals surface area contributed by atoms with Gasteiger partial charge in [0.05, 0.1) is 6.61 Å². The molecule has 0 amide bonds. The first-order valence-corrected chi connectivity index (χ1v) is 7.25. The number of ether oxygens (including phenoxy) is 2. The molecule has 1 fully saturated rings.